The number of alkyl halides is 1. The minimum Gasteiger partial charge on any atom is -0.274 e. The summed E-state index contributed by atoms with van der Waals surface area (Å²) in [5.41, 5.74) is 0. The van der Waals surface area contributed by atoms with Crippen molar-refractivity contribution in [3.8, 4) is 0 Å². The van der Waals surface area contributed by atoms with Gasteiger partial charge in [-0.05, 0) is 0 Å². The van der Waals surface area contributed by atoms with Gasteiger partial charge >= 0.3 is 0 Å². The first-order chi connectivity index (χ1) is 4.25. The minimum absolute atomic E-state index is 0.0330. The van der Waals surface area contributed by atoms with Crippen LogP contribution < -0.4 is 0 Å². The number of halogens is 1. The van der Waals surface area contributed by atoms with Crippen molar-refractivity contribution >= 4 is 34.4 Å². The number of likely N-dealkylation sites (tertiary alicyclic amines) is 1. The predicted octanol–water partition coefficient (Wildman–Crippen LogP) is 0.528. The van der Waals surface area contributed by atoms with Gasteiger partial charge in [0, 0.05) is 12.8 Å². The van der Waals surface area contributed by atoms with Gasteiger partial charge in [-0.3, -0.25) is 14.5 Å². The maximum absolute atomic E-state index is 10.7. The van der Waals surface area contributed by atoms with Gasteiger partial charge in [-0.25, -0.2) is 0 Å². The number of carbonyl (C=O) groups excluding carboxylic acids is 2. The number of imide groups is 1. The lowest BCUT2D eigenvalue weighted by Gasteiger charge is -2.06. The van der Waals surface area contributed by atoms with Gasteiger partial charge in [-0.15, -0.1) is 0 Å². The third-order valence-electron chi connectivity index (χ3n) is 1.27. The average Bonchev–Trinajstić information content (AvgIpc) is 2.12. The molecular weight excluding hydrogens is 233 g/mol. The summed E-state index contributed by atoms with van der Waals surface area (Å²) in [6.07, 6.45) is 0.809. The molecule has 0 aromatic heterocycles. The summed E-state index contributed by atoms with van der Waals surface area (Å²) < 4.78 is 0.495. The lowest BCUT2D eigenvalue weighted by Crippen LogP contribution is -2.26. The highest BCUT2D eigenvalue weighted by Crippen LogP contribution is 2.12. The van der Waals surface area contributed by atoms with E-state index >= 15 is 0 Å². The van der Waals surface area contributed by atoms with Crippen LogP contribution >= 0.6 is 22.6 Å². The van der Waals surface area contributed by atoms with E-state index in [1.807, 2.05) is 22.6 Å². The van der Waals surface area contributed by atoms with Crippen LogP contribution in [0.1, 0.15) is 12.8 Å². The molecule has 1 aliphatic rings. The summed E-state index contributed by atoms with van der Waals surface area (Å²) in [4.78, 5) is 22.7. The van der Waals surface area contributed by atoms with Crippen molar-refractivity contribution in [2.45, 2.75) is 12.8 Å². The summed E-state index contributed by atoms with van der Waals surface area (Å²) in [7, 11) is 0. The number of nitrogens with zero attached hydrogens (tertiary/aromatic N) is 1. The highest BCUT2D eigenvalue weighted by molar-refractivity contribution is 14.1. The summed E-state index contributed by atoms with van der Waals surface area (Å²) in [6, 6.07) is 0. The molecule has 4 heteroatoms. The van der Waals surface area contributed by atoms with Gasteiger partial charge in [0.15, 0.2) is 0 Å². The van der Waals surface area contributed by atoms with Gasteiger partial charge in [0.25, 0.3) is 0 Å². The zero-order chi connectivity index (χ0) is 6.85. The van der Waals surface area contributed by atoms with Gasteiger partial charge in [0.05, 0.1) is 4.55 Å². The molecule has 9 heavy (non-hydrogen) atoms. The maximum atomic E-state index is 10.7. The van der Waals surface area contributed by atoms with E-state index in [1.165, 1.54) is 4.90 Å². The molecule has 0 N–H and O–H groups in total. The Bertz CT molecular complexity index is 141. The van der Waals surface area contributed by atoms with Crippen molar-refractivity contribution in [2.75, 3.05) is 4.55 Å². The van der Waals surface area contributed by atoms with Crippen molar-refractivity contribution in [1.82, 2.24) is 4.90 Å². The number of hydrogen-bond donors (Lipinski definition) is 0. The van der Waals surface area contributed by atoms with E-state index in [9.17, 15) is 9.59 Å². The highest BCUT2D eigenvalue weighted by atomic mass is 127. The molecule has 1 aliphatic heterocycles. The monoisotopic (exact) mass is 239 g/mol. The minimum atomic E-state index is -0.0330. The molecule has 0 radical (unpaired) electrons. The van der Waals surface area contributed by atoms with Crippen LogP contribution in [-0.4, -0.2) is 21.3 Å². The molecule has 1 fully saturated rings. The van der Waals surface area contributed by atoms with Crippen LogP contribution in [0.5, 0.6) is 0 Å². The van der Waals surface area contributed by atoms with E-state index in [1.54, 1.807) is 0 Å². The second kappa shape index (κ2) is 2.64. The van der Waals surface area contributed by atoms with Crippen molar-refractivity contribution in [3.63, 3.8) is 0 Å². The van der Waals surface area contributed by atoms with Crippen molar-refractivity contribution < 1.29 is 9.59 Å². The van der Waals surface area contributed by atoms with Crippen molar-refractivity contribution in [2.24, 2.45) is 0 Å². The van der Waals surface area contributed by atoms with Crippen molar-refractivity contribution in [3.05, 3.63) is 0 Å². The number of hydrogen-bond acceptors (Lipinski definition) is 2. The van der Waals surface area contributed by atoms with Crippen molar-refractivity contribution in [1.29, 1.82) is 0 Å². The maximum Gasteiger partial charge on any atom is 0.230 e. The fourth-order valence-electron chi connectivity index (χ4n) is 0.756. The first-order valence-electron chi connectivity index (χ1n) is 2.65. The molecule has 3 nitrogen and oxygen atoms in total. The molecule has 0 aliphatic carbocycles. The topological polar surface area (TPSA) is 37.4 Å². The Balaban J connectivity index is 2.66. The van der Waals surface area contributed by atoms with Gasteiger partial charge < -0.3 is 0 Å². The average molecular weight is 239 g/mol. The Kier molecular flexibility index (Phi) is 2.05. The van der Waals surface area contributed by atoms with Crippen LogP contribution in [-0.2, 0) is 9.59 Å². The highest BCUT2D eigenvalue weighted by Gasteiger charge is 2.27. The Morgan fingerprint density at radius 2 is 1.78 bits per heavy atom. The van der Waals surface area contributed by atoms with Crippen LogP contribution in [0.3, 0.4) is 0 Å². The summed E-state index contributed by atoms with van der Waals surface area (Å²) in [6.45, 7) is 0. The molecule has 0 bridgehead atoms. The largest absolute Gasteiger partial charge is 0.274 e. The van der Waals surface area contributed by atoms with Gasteiger partial charge in [0.2, 0.25) is 11.8 Å². The van der Waals surface area contributed by atoms with Crippen LogP contribution in [0.4, 0.5) is 0 Å². The molecule has 1 saturated heterocycles. The van der Waals surface area contributed by atoms with E-state index in [0.717, 1.165) is 0 Å². The predicted molar refractivity (Wildman–Crippen MR) is 40.0 cm³/mol. The SMILES string of the molecule is O=C1CCC(=O)N1CI. The van der Waals surface area contributed by atoms with Crippen LogP contribution in [0, 0.1) is 0 Å². The molecule has 1 heterocycles. The molecule has 50 valence electrons. The van der Waals surface area contributed by atoms with Gasteiger partial charge in [-0.2, -0.15) is 0 Å². The van der Waals surface area contributed by atoms with E-state index < -0.39 is 0 Å². The Hall–Kier alpha value is -0.130. The molecule has 0 unspecified atom stereocenters. The molecule has 0 aromatic carbocycles. The zero-order valence-electron chi connectivity index (χ0n) is 4.76. The summed E-state index contributed by atoms with van der Waals surface area (Å²) >= 11 is 2.00. The van der Waals surface area contributed by atoms with Crippen LogP contribution in [0.15, 0.2) is 0 Å². The molecule has 0 spiro atoms. The smallest absolute Gasteiger partial charge is 0.230 e. The fourth-order valence-corrected chi connectivity index (χ4v) is 1.52. The van der Waals surface area contributed by atoms with E-state index in [-0.39, 0.29) is 11.8 Å². The Morgan fingerprint density at radius 3 is 2.00 bits per heavy atom. The molecule has 2 amide bonds. The number of amides is 2. The Labute approximate surface area is 66.5 Å². The van der Waals surface area contributed by atoms with E-state index in [4.69, 9.17) is 0 Å². The lowest BCUT2D eigenvalue weighted by atomic mass is 10.4. The molecule has 0 atom stereocenters. The number of rotatable bonds is 1. The fraction of sp³-hybridized carbons (Fsp3) is 0.600. The van der Waals surface area contributed by atoms with E-state index in [2.05, 4.69) is 0 Å². The molecule has 0 saturated carbocycles. The van der Waals surface area contributed by atoms with Gasteiger partial charge in [0.1, 0.15) is 0 Å². The lowest BCUT2D eigenvalue weighted by molar-refractivity contribution is -0.136. The standard InChI is InChI=1S/C5H6INO2/c6-3-7-4(8)1-2-5(7)9/h1-3H2. The second-order valence-corrected chi connectivity index (χ2v) is 2.52. The van der Waals surface area contributed by atoms with E-state index in [0.29, 0.717) is 17.4 Å². The summed E-state index contributed by atoms with van der Waals surface area (Å²) in [5, 5.41) is 0. The molecule has 0 aromatic rings. The molecule has 1 rings (SSSR count). The van der Waals surface area contributed by atoms with Crippen LogP contribution in [0.25, 0.3) is 0 Å². The summed E-state index contributed by atoms with van der Waals surface area (Å²) in [5.74, 6) is -0.0659. The van der Waals surface area contributed by atoms with Gasteiger partial charge in [-0.1, -0.05) is 22.6 Å². The Morgan fingerprint density at radius 1 is 1.33 bits per heavy atom. The van der Waals surface area contributed by atoms with Crippen LogP contribution in [0.2, 0.25) is 0 Å². The normalized spacial score (nSPS) is 19.4. The quantitative estimate of drug-likeness (QED) is 0.289. The zero-order valence-corrected chi connectivity index (χ0v) is 6.92. The first-order valence-corrected chi connectivity index (χ1v) is 4.17. The third kappa shape index (κ3) is 1.23. The number of carbonyl (C=O) groups is 2. The second-order valence-electron chi connectivity index (χ2n) is 1.84. The molecular formula is C5H6INO2. The first kappa shape index (κ1) is 6.98. The third-order valence-corrected chi connectivity index (χ3v) is 1.96.